The first kappa shape index (κ1) is 13.6. The van der Waals surface area contributed by atoms with Crippen LogP contribution in [-0.2, 0) is 5.41 Å². The van der Waals surface area contributed by atoms with Crippen molar-refractivity contribution in [2.75, 3.05) is 0 Å². The molecule has 1 aromatic rings. The summed E-state index contributed by atoms with van der Waals surface area (Å²) in [6, 6.07) is 11.3. The Morgan fingerprint density at radius 1 is 1.09 bits per heavy atom. The molecule has 0 heteroatoms. The van der Waals surface area contributed by atoms with E-state index in [2.05, 4.69) is 79.8 Å². The van der Waals surface area contributed by atoms with Crippen LogP contribution in [-0.4, -0.2) is 0 Å². The molecule has 5 unspecified atom stereocenters. The van der Waals surface area contributed by atoms with Gasteiger partial charge in [0.1, 0.15) is 0 Å². The number of allylic oxidation sites excluding steroid dienone is 8. The molecule has 2 fully saturated rings. The molecule has 0 spiro atoms. The minimum Gasteiger partial charge on any atom is -0.0808 e. The number of hydrogen-bond donors (Lipinski definition) is 0. The predicted molar refractivity (Wildman–Crippen MR) is 96.1 cm³/mol. The van der Waals surface area contributed by atoms with E-state index in [1.807, 2.05) is 0 Å². The molecule has 1 aromatic carbocycles. The van der Waals surface area contributed by atoms with Gasteiger partial charge < -0.3 is 0 Å². The molecule has 0 saturated heterocycles. The molecule has 23 heavy (non-hydrogen) atoms. The topological polar surface area (TPSA) is 0 Å². The summed E-state index contributed by atoms with van der Waals surface area (Å²) in [5.41, 5.74) is 3.71. The molecule has 0 aliphatic heterocycles. The summed E-state index contributed by atoms with van der Waals surface area (Å²) >= 11 is 0. The molecule has 4 aliphatic rings. The molecule has 2 saturated carbocycles. The molecule has 0 heterocycles. The maximum atomic E-state index is 2.53. The fourth-order valence-electron chi connectivity index (χ4n) is 5.63. The highest BCUT2D eigenvalue weighted by Gasteiger charge is 2.67. The number of hydrogen-bond acceptors (Lipinski definition) is 0. The van der Waals surface area contributed by atoms with Crippen LogP contribution in [0.5, 0.6) is 0 Å². The lowest BCUT2D eigenvalue weighted by Crippen LogP contribution is -2.40. The first-order chi connectivity index (χ1) is 11.3. The predicted octanol–water partition coefficient (Wildman–Crippen LogP) is 5.60. The Balaban J connectivity index is 1.73. The van der Waals surface area contributed by atoms with Gasteiger partial charge in [-0.3, -0.25) is 0 Å². The Kier molecular flexibility index (Phi) is 2.72. The maximum Gasteiger partial charge on any atom is 0.0262 e. The minimum absolute atomic E-state index is 0.171. The standard InChI is InChI=1S/C23H24/c1-2-23(18-10-4-3-5-11-18,21-13-8-9-17-15-20(17)21)22-14-7-6-12-19(22)16-22/h3-14,17,19-20H,2,15-16H2,1H3. The lowest BCUT2D eigenvalue weighted by atomic mass is 9.58. The van der Waals surface area contributed by atoms with E-state index in [0.29, 0.717) is 5.41 Å². The first-order valence-corrected chi connectivity index (χ1v) is 9.12. The summed E-state index contributed by atoms with van der Waals surface area (Å²) in [6.45, 7) is 2.40. The number of benzene rings is 1. The molecule has 0 amide bonds. The fraction of sp³-hybridized carbons (Fsp3) is 0.391. The molecule has 0 nitrogen and oxygen atoms in total. The van der Waals surface area contributed by atoms with Gasteiger partial charge in [0.15, 0.2) is 0 Å². The van der Waals surface area contributed by atoms with Crippen LogP contribution in [0.2, 0.25) is 0 Å². The van der Waals surface area contributed by atoms with E-state index in [0.717, 1.165) is 17.8 Å². The van der Waals surface area contributed by atoms with Gasteiger partial charge in [-0.25, -0.2) is 0 Å². The highest BCUT2D eigenvalue weighted by atomic mass is 14.7. The molecule has 0 radical (unpaired) electrons. The van der Waals surface area contributed by atoms with E-state index in [9.17, 15) is 0 Å². The molecule has 5 rings (SSSR count). The van der Waals surface area contributed by atoms with Crippen LogP contribution in [0.3, 0.4) is 0 Å². The third kappa shape index (κ3) is 1.67. The van der Waals surface area contributed by atoms with Gasteiger partial charge in [0, 0.05) is 10.8 Å². The molecule has 0 bridgehead atoms. The van der Waals surface area contributed by atoms with Crippen molar-refractivity contribution in [1.82, 2.24) is 0 Å². The lowest BCUT2D eigenvalue weighted by molar-refractivity contribution is 0.309. The van der Waals surface area contributed by atoms with E-state index < -0.39 is 0 Å². The fourth-order valence-corrected chi connectivity index (χ4v) is 5.63. The summed E-state index contributed by atoms with van der Waals surface area (Å²) in [4.78, 5) is 0. The van der Waals surface area contributed by atoms with Gasteiger partial charge in [-0.2, -0.15) is 0 Å². The van der Waals surface area contributed by atoms with Crippen LogP contribution in [0.25, 0.3) is 0 Å². The zero-order valence-corrected chi connectivity index (χ0v) is 13.8. The lowest BCUT2D eigenvalue weighted by Gasteiger charge is -2.45. The molecular weight excluding hydrogens is 276 g/mol. The van der Waals surface area contributed by atoms with Crippen molar-refractivity contribution in [1.29, 1.82) is 0 Å². The van der Waals surface area contributed by atoms with Crippen LogP contribution in [0.15, 0.2) is 78.4 Å². The Labute approximate surface area is 139 Å². The molecule has 4 aliphatic carbocycles. The third-order valence-electron chi connectivity index (χ3n) is 6.87. The van der Waals surface area contributed by atoms with Gasteiger partial charge in [-0.1, -0.05) is 85.4 Å². The van der Waals surface area contributed by atoms with Gasteiger partial charge >= 0.3 is 0 Å². The summed E-state index contributed by atoms with van der Waals surface area (Å²) < 4.78 is 0. The highest BCUT2D eigenvalue weighted by molar-refractivity contribution is 5.53. The van der Waals surface area contributed by atoms with Crippen molar-refractivity contribution in [2.24, 2.45) is 23.2 Å². The van der Waals surface area contributed by atoms with Crippen LogP contribution < -0.4 is 0 Å². The second-order valence-corrected chi connectivity index (χ2v) is 7.73. The average molecular weight is 300 g/mol. The van der Waals surface area contributed by atoms with Gasteiger partial charge in [0.2, 0.25) is 0 Å². The summed E-state index contributed by atoms with van der Waals surface area (Å²) in [7, 11) is 0. The van der Waals surface area contributed by atoms with Crippen molar-refractivity contribution in [2.45, 2.75) is 31.6 Å². The zero-order valence-electron chi connectivity index (χ0n) is 13.8. The summed E-state index contributed by atoms with van der Waals surface area (Å²) in [5, 5.41) is 0. The third-order valence-corrected chi connectivity index (χ3v) is 6.87. The van der Waals surface area contributed by atoms with E-state index in [1.54, 1.807) is 5.57 Å². The quantitative estimate of drug-likeness (QED) is 0.679. The van der Waals surface area contributed by atoms with E-state index in [4.69, 9.17) is 0 Å². The van der Waals surface area contributed by atoms with E-state index in [-0.39, 0.29) is 5.41 Å². The molecule has 0 N–H and O–H groups in total. The van der Waals surface area contributed by atoms with Crippen LogP contribution in [0, 0.1) is 23.2 Å². The second kappa shape index (κ2) is 4.60. The first-order valence-electron chi connectivity index (χ1n) is 9.12. The van der Waals surface area contributed by atoms with Gasteiger partial charge in [0.05, 0.1) is 0 Å². The normalized spacial score (nSPS) is 38.3. The van der Waals surface area contributed by atoms with Crippen molar-refractivity contribution in [3.8, 4) is 0 Å². The maximum absolute atomic E-state index is 2.53. The van der Waals surface area contributed by atoms with Gasteiger partial charge in [-0.05, 0) is 42.6 Å². The van der Waals surface area contributed by atoms with E-state index in [1.165, 1.54) is 24.8 Å². The number of rotatable bonds is 4. The highest BCUT2D eigenvalue weighted by Crippen LogP contribution is 2.72. The molecular formula is C23H24. The van der Waals surface area contributed by atoms with Crippen LogP contribution in [0.1, 0.15) is 31.7 Å². The molecule has 0 aromatic heterocycles. The summed E-state index contributed by atoms with van der Waals surface area (Å²) in [6.07, 6.45) is 20.6. The Hall–Kier alpha value is -1.82. The monoisotopic (exact) mass is 300 g/mol. The van der Waals surface area contributed by atoms with Crippen molar-refractivity contribution < 1.29 is 0 Å². The van der Waals surface area contributed by atoms with Crippen LogP contribution >= 0.6 is 0 Å². The van der Waals surface area contributed by atoms with E-state index >= 15 is 0 Å². The second-order valence-electron chi connectivity index (χ2n) is 7.73. The van der Waals surface area contributed by atoms with Crippen molar-refractivity contribution >= 4 is 0 Å². The Morgan fingerprint density at radius 3 is 2.74 bits per heavy atom. The van der Waals surface area contributed by atoms with Crippen molar-refractivity contribution in [3.63, 3.8) is 0 Å². The average Bonchev–Trinajstić information content (AvgIpc) is 3.50. The smallest absolute Gasteiger partial charge is 0.0262 e. The Bertz CT molecular complexity index is 748. The van der Waals surface area contributed by atoms with Crippen LogP contribution in [0.4, 0.5) is 0 Å². The van der Waals surface area contributed by atoms with Gasteiger partial charge in [0.25, 0.3) is 0 Å². The van der Waals surface area contributed by atoms with Crippen molar-refractivity contribution in [3.05, 3.63) is 84.0 Å². The SMILES string of the molecule is CCC(C1=CC=CC2CC12)(c1ccccc1)C12C=CC=CC1C2. The van der Waals surface area contributed by atoms with Gasteiger partial charge in [-0.15, -0.1) is 0 Å². The Morgan fingerprint density at radius 2 is 1.96 bits per heavy atom. The molecule has 116 valence electrons. The minimum atomic E-state index is 0.171. The largest absolute Gasteiger partial charge is 0.0808 e. The number of fused-ring (bicyclic) bond motifs is 2. The molecule has 5 atom stereocenters. The summed E-state index contributed by atoms with van der Waals surface area (Å²) in [5.74, 6) is 2.31. The zero-order chi connectivity index (χ0) is 15.5.